The van der Waals surface area contributed by atoms with Crippen LogP contribution in [0.4, 0.5) is 10.5 Å². The lowest BCUT2D eigenvalue weighted by Crippen LogP contribution is -2.28. The molecule has 0 spiro atoms. The van der Waals surface area contributed by atoms with Gasteiger partial charge < -0.3 is 15.7 Å². The van der Waals surface area contributed by atoms with Crippen molar-refractivity contribution in [3.05, 3.63) is 53.6 Å². The van der Waals surface area contributed by atoms with Crippen LogP contribution in [0.2, 0.25) is 0 Å². The minimum Gasteiger partial charge on any atom is -0.506 e. The van der Waals surface area contributed by atoms with Crippen LogP contribution in [0.3, 0.4) is 0 Å². The van der Waals surface area contributed by atoms with Crippen LogP contribution in [-0.4, -0.2) is 19.6 Å². The molecule has 0 unspecified atom stereocenters. The second-order valence-corrected chi connectivity index (χ2v) is 6.58. The van der Waals surface area contributed by atoms with Gasteiger partial charge in [0.2, 0.25) is 10.0 Å². The predicted octanol–water partition coefficient (Wildman–Crippen LogP) is 1.67. The number of hydrogen-bond donors (Lipinski definition) is 4. The monoisotopic (exact) mass is 335 g/mol. The molecule has 0 aliphatic carbocycles. The molecule has 2 rings (SSSR count). The van der Waals surface area contributed by atoms with Crippen LogP contribution in [0.25, 0.3) is 0 Å². The Labute approximate surface area is 134 Å². The van der Waals surface area contributed by atoms with Gasteiger partial charge in [0.15, 0.2) is 0 Å². The Hall–Kier alpha value is -2.58. The molecule has 23 heavy (non-hydrogen) atoms. The van der Waals surface area contributed by atoms with Gasteiger partial charge in [0.05, 0.1) is 10.6 Å². The summed E-state index contributed by atoms with van der Waals surface area (Å²) in [5, 5.41) is 19.7. The van der Waals surface area contributed by atoms with Crippen LogP contribution in [0.5, 0.6) is 5.75 Å². The second kappa shape index (κ2) is 6.67. The number of amides is 2. The summed E-state index contributed by atoms with van der Waals surface area (Å²) in [5.74, 6) is -0.261. The van der Waals surface area contributed by atoms with Crippen LogP contribution in [0.1, 0.15) is 11.1 Å². The maximum absolute atomic E-state index is 11.9. The van der Waals surface area contributed by atoms with E-state index in [-0.39, 0.29) is 16.3 Å². The Morgan fingerprint density at radius 3 is 2.43 bits per heavy atom. The lowest BCUT2D eigenvalue weighted by Gasteiger charge is -2.10. The minimum absolute atomic E-state index is 0.0436. The quantitative estimate of drug-likeness (QED) is 0.635. The number of anilines is 1. The molecule has 5 N–H and O–H groups in total. The van der Waals surface area contributed by atoms with Crippen molar-refractivity contribution in [3.8, 4) is 5.75 Å². The summed E-state index contributed by atoms with van der Waals surface area (Å²) < 4.78 is 22.6. The highest BCUT2D eigenvalue weighted by Gasteiger charge is 2.13. The normalized spacial score (nSPS) is 11.0. The Bertz CT molecular complexity index is 817. The van der Waals surface area contributed by atoms with Crippen molar-refractivity contribution < 1.29 is 18.3 Å². The van der Waals surface area contributed by atoms with Gasteiger partial charge in [0.25, 0.3) is 0 Å². The van der Waals surface area contributed by atoms with E-state index in [1.165, 1.54) is 0 Å². The Balaban J connectivity index is 2.04. The molecule has 0 bridgehead atoms. The molecule has 2 aromatic carbocycles. The molecule has 0 aliphatic heterocycles. The zero-order valence-electron chi connectivity index (χ0n) is 12.4. The van der Waals surface area contributed by atoms with Crippen molar-refractivity contribution in [3.63, 3.8) is 0 Å². The highest BCUT2D eigenvalue weighted by Crippen LogP contribution is 2.25. The molecule has 0 heterocycles. The topological polar surface area (TPSA) is 122 Å². The number of benzene rings is 2. The van der Waals surface area contributed by atoms with Gasteiger partial charge >= 0.3 is 6.03 Å². The Kier molecular flexibility index (Phi) is 4.87. The zero-order valence-corrected chi connectivity index (χ0v) is 13.2. The highest BCUT2D eigenvalue weighted by molar-refractivity contribution is 7.89. The summed E-state index contributed by atoms with van der Waals surface area (Å²) >= 11 is 0. The number of urea groups is 1. The van der Waals surface area contributed by atoms with Crippen LogP contribution in [-0.2, 0) is 16.6 Å². The average Bonchev–Trinajstić information content (AvgIpc) is 2.48. The number of aryl methyl sites for hydroxylation is 1. The number of nitrogens with one attached hydrogen (secondary N) is 2. The van der Waals surface area contributed by atoms with Crippen LogP contribution >= 0.6 is 0 Å². The molecule has 0 radical (unpaired) electrons. The molecule has 2 aromatic rings. The smallest absolute Gasteiger partial charge is 0.319 e. The molecular formula is C15H17N3O4S. The molecule has 0 saturated heterocycles. The van der Waals surface area contributed by atoms with E-state index >= 15 is 0 Å². The van der Waals surface area contributed by atoms with E-state index in [1.54, 1.807) is 0 Å². The maximum Gasteiger partial charge on any atom is 0.319 e. The standard InChI is InChI=1S/C15H17N3O4S/c1-10-2-4-11(5-3-10)9-17-15(20)18-13-8-12(23(16,21)22)6-7-14(13)19/h2-8,19H,9H2,1H3,(H2,16,21,22)(H2,17,18,20). The van der Waals surface area contributed by atoms with E-state index in [0.717, 1.165) is 29.3 Å². The SMILES string of the molecule is Cc1ccc(CNC(=O)Nc2cc(S(N)(=O)=O)ccc2O)cc1. The van der Waals surface area contributed by atoms with Crippen molar-refractivity contribution in [1.29, 1.82) is 0 Å². The van der Waals surface area contributed by atoms with Crippen molar-refractivity contribution in [2.75, 3.05) is 5.32 Å². The van der Waals surface area contributed by atoms with E-state index in [9.17, 15) is 18.3 Å². The fraction of sp³-hybridized carbons (Fsp3) is 0.133. The Morgan fingerprint density at radius 1 is 1.17 bits per heavy atom. The van der Waals surface area contributed by atoms with Crippen molar-refractivity contribution in [2.45, 2.75) is 18.4 Å². The predicted molar refractivity (Wildman–Crippen MR) is 86.5 cm³/mol. The van der Waals surface area contributed by atoms with E-state index in [2.05, 4.69) is 10.6 Å². The first-order valence-corrected chi connectivity index (χ1v) is 8.26. The van der Waals surface area contributed by atoms with Gasteiger partial charge in [-0.05, 0) is 30.7 Å². The third-order valence-corrected chi connectivity index (χ3v) is 4.03. The molecule has 0 saturated carbocycles. The number of aromatic hydroxyl groups is 1. The first kappa shape index (κ1) is 16.8. The second-order valence-electron chi connectivity index (χ2n) is 5.02. The summed E-state index contributed by atoms with van der Waals surface area (Å²) in [6.07, 6.45) is 0. The summed E-state index contributed by atoms with van der Waals surface area (Å²) in [6, 6.07) is 10.4. The summed E-state index contributed by atoms with van der Waals surface area (Å²) in [5.41, 5.74) is 1.98. The summed E-state index contributed by atoms with van der Waals surface area (Å²) in [7, 11) is -3.92. The number of hydrogen-bond acceptors (Lipinski definition) is 4. The maximum atomic E-state index is 11.9. The molecule has 0 aromatic heterocycles. The van der Waals surface area contributed by atoms with Gasteiger partial charge in [-0.1, -0.05) is 29.8 Å². The third kappa shape index (κ3) is 4.70. The number of phenols is 1. The molecule has 0 atom stereocenters. The van der Waals surface area contributed by atoms with E-state index < -0.39 is 16.1 Å². The highest BCUT2D eigenvalue weighted by atomic mass is 32.2. The molecule has 8 heteroatoms. The number of sulfonamides is 1. The van der Waals surface area contributed by atoms with E-state index in [1.807, 2.05) is 31.2 Å². The van der Waals surface area contributed by atoms with Gasteiger partial charge in [-0.3, -0.25) is 0 Å². The van der Waals surface area contributed by atoms with Gasteiger partial charge in [-0.2, -0.15) is 0 Å². The van der Waals surface area contributed by atoms with Crippen LogP contribution in [0.15, 0.2) is 47.4 Å². The first-order chi connectivity index (χ1) is 10.8. The summed E-state index contributed by atoms with van der Waals surface area (Å²) in [4.78, 5) is 11.6. The van der Waals surface area contributed by atoms with Crippen LogP contribution < -0.4 is 15.8 Å². The number of rotatable bonds is 4. The lowest BCUT2D eigenvalue weighted by molar-refractivity contribution is 0.251. The van der Waals surface area contributed by atoms with Gasteiger partial charge in [-0.25, -0.2) is 18.4 Å². The number of nitrogens with two attached hydrogens (primary N) is 1. The minimum atomic E-state index is -3.92. The fourth-order valence-corrected chi connectivity index (χ4v) is 2.39. The van der Waals surface area contributed by atoms with Crippen molar-refractivity contribution in [1.82, 2.24) is 5.32 Å². The van der Waals surface area contributed by atoms with Gasteiger partial charge in [0, 0.05) is 6.54 Å². The zero-order chi connectivity index (χ0) is 17.0. The Morgan fingerprint density at radius 2 is 1.83 bits per heavy atom. The number of primary sulfonamides is 1. The van der Waals surface area contributed by atoms with Gasteiger partial charge in [0.1, 0.15) is 5.75 Å². The van der Waals surface area contributed by atoms with Gasteiger partial charge in [-0.15, -0.1) is 0 Å². The average molecular weight is 335 g/mol. The first-order valence-electron chi connectivity index (χ1n) is 6.72. The molecular weight excluding hydrogens is 318 g/mol. The van der Waals surface area contributed by atoms with Crippen molar-refractivity contribution in [2.24, 2.45) is 5.14 Å². The lowest BCUT2D eigenvalue weighted by atomic mass is 10.1. The van der Waals surface area contributed by atoms with E-state index in [0.29, 0.717) is 6.54 Å². The molecule has 2 amide bonds. The number of phenolic OH excluding ortho intramolecular Hbond substituents is 1. The van der Waals surface area contributed by atoms with E-state index in [4.69, 9.17) is 5.14 Å². The fourth-order valence-electron chi connectivity index (χ4n) is 1.85. The van der Waals surface area contributed by atoms with Crippen LogP contribution in [0, 0.1) is 6.92 Å². The summed E-state index contributed by atoms with van der Waals surface area (Å²) in [6.45, 7) is 2.26. The molecule has 0 fully saturated rings. The molecule has 7 nitrogen and oxygen atoms in total. The molecule has 0 aliphatic rings. The number of carbonyl (C=O) groups excluding carboxylic acids is 1. The third-order valence-electron chi connectivity index (χ3n) is 3.12. The van der Waals surface area contributed by atoms with Crippen molar-refractivity contribution >= 4 is 21.7 Å². The number of carbonyl (C=O) groups is 1. The largest absolute Gasteiger partial charge is 0.506 e. The molecule has 122 valence electrons.